The first-order valence-electron chi connectivity index (χ1n) is 7.60. The first-order valence-corrected chi connectivity index (χ1v) is 7.60. The molecule has 4 bridgehead atoms. The molecule has 8 unspecified atom stereocenters. The Labute approximate surface area is 108 Å². The summed E-state index contributed by atoms with van der Waals surface area (Å²) in [7, 11) is 0. The Morgan fingerprint density at radius 1 is 1.11 bits per heavy atom. The van der Waals surface area contributed by atoms with Crippen LogP contribution in [0.4, 0.5) is 0 Å². The summed E-state index contributed by atoms with van der Waals surface area (Å²) in [6.45, 7) is 2.26. The van der Waals surface area contributed by atoms with Gasteiger partial charge in [0.2, 0.25) is 0 Å². The van der Waals surface area contributed by atoms with Gasteiger partial charge in [-0.1, -0.05) is 25.5 Å². The molecular weight excluding hydrogens is 224 g/mol. The smallest absolute Gasteiger partial charge is 0.303 e. The first-order chi connectivity index (χ1) is 8.70. The molecule has 2 heteroatoms. The Hall–Kier alpha value is -0.790. The minimum atomic E-state index is -0.582. The summed E-state index contributed by atoms with van der Waals surface area (Å²) in [6, 6.07) is 0. The molecule has 4 rings (SSSR count). The van der Waals surface area contributed by atoms with Crippen molar-refractivity contribution in [2.75, 3.05) is 0 Å². The molecule has 0 aliphatic heterocycles. The lowest BCUT2D eigenvalue weighted by atomic mass is 9.63. The Morgan fingerprint density at radius 2 is 1.72 bits per heavy atom. The quantitative estimate of drug-likeness (QED) is 0.613. The average Bonchev–Trinajstić information content (AvgIpc) is 3.05. The van der Waals surface area contributed by atoms with Gasteiger partial charge < -0.3 is 5.11 Å². The molecular formula is C16H22O2. The van der Waals surface area contributed by atoms with Gasteiger partial charge in [-0.05, 0) is 60.2 Å². The molecule has 98 valence electrons. The van der Waals surface area contributed by atoms with Crippen molar-refractivity contribution in [1.82, 2.24) is 0 Å². The van der Waals surface area contributed by atoms with Gasteiger partial charge in [-0.2, -0.15) is 0 Å². The lowest BCUT2D eigenvalue weighted by Crippen LogP contribution is -2.37. The maximum atomic E-state index is 11.1. The van der Waals surface area contributed by atoms with Crippen LogP contribution in [0.1, 0.15) is 32.6 Å². The van der Waals surface area contributed by atoms with Crippen LogP contribution in [0.25, 0.3) is 0 Å². The van der Waals surface area contributed by atoms with E-state index < -0.39 is 5.97 Å². The fraction of sp³-hybridized carbons (Fsp3) is 0.812. The molecule has 0 radical (unpaired) electrons. The molecule has 0 aromatic carbocycles. The molecule has 0 aromatic heterocycles. The Balaban J connectivity index is 1.66. The summed E-state index contributed by atoms with van der Waals surface area (Å²) >= 11 is 0. The summed E-state index contributed by atoms with van der Waals surface area (Å²) in [6.07, 6.45) is 9.21. The fourth-order valence-corrected chi connectivity index (χ4v) is 6.40. The van der Waals surface area contributed by atoms with Gasteiger partial charge in [0.1, 0.15) is 0 Å². The first kappa shape index (κ1) is 11.1. The van der Waals surface area contributed by atoms with E-state index in [1.165, 1.54) is 19.3 Å². The third-order valence-corrected chi connectivity index (χ3v) is 6.65. The Bertz CT molecular complexity index is 413. The van der Waals surface area contributed by atoms with Crippen molar-refractivity contribution in [3.8, 4) is 0 Å². The SMILES string of the molecule is CCC1C(CC(=O)O)C2CC1C1C3C=CC(C3)C21. The molecule has 3 fully saturated rings. The molecule has 0 heterocycles. The molecule has 2 nitrogen and oxygen atoms in total. The van der Waals surface area contributed by atoms with Gasteiger partial charge in [0.05, 0.1) is 0 Å². The number of hydrogen-bond donors (Lipinski definition) is 1. The topological polar surface area (TPSA) is 37.3 Å². The molecule has 4 aliphatic rings. The molecule has 0 saturated heterocycles. The van der Waals surface area contributed by atoms with Crippen LogP contribution in [0.2, 0.25) is 0 Å². The largest absolute Gasteiger partial charge is 0.481 e. The van der Waals surface area contributed by atoms with Crippen LogP contribution >= 0.6 is 0 Å². The highest BCUT2D eigenvalue weighted by atomic mass is 16.4. The minimum Gasteiger partial charge on any atom is -0.481 e. The van der Waals surface area contributed by atoms with Crippen molar-refractivity contribution < 1.29 is 9.90 Å². The van der Waals surface area contributed by atoms with Gasteiger partial charge in [-0.15, -0.1) is 0 Å². The van der Waals surface area contributed by atoms with Crippen molar-refractivity contribution in [3.63, 3.8) is 0 Å². The molecule has 8 atom stereocenters. The highest BCUT2D eigenvalue weighted by molar-refractivity contribution is 5.67. The summed E-state index contributed by atoms with van der Waals surface area (Å²) in [5.74, 6) is 5.55. The molecule has 4 aliphatic carbocycles. The molecule has 0 amide bonds. The van der Waals surface area contributed by atoms with Crippen molar-refractivity contribution in [1.29, 1.82) is 0 Å². The van der Waals surface area contributed by atoms with Gasteiger partial charge in [0, 0.05) is 6.42 Å². The van der Waals surface area contributed by atoms with E-state index in [1.807, 2.05) is 0 Å². The number of carboxylic acid groups (broad SMARTS) is 1. The second-order valence-corrected chi connectivity index (χ2v) is 7.00. The number of fused-ring (bicyclic) bond motifs is 9. The maximum absolute atomic E-state index is 11.1. The zero-order valence-corrected chi connectivity index (χ0v) is 11.0. The molecule has 18 heavy (non-hydrogen) atoms. The lowest BCUT2D eigenvalue weighted by Gasteiger charge is -2.41. The van der Waals surface area contributed by atoms with Crippen LogP contribution in [0.15, 0.2) is 12.2 Å². The normalized spacial score (nSPS) is 55.2. The number of allylic oxidation sites excluding steroid dienone is 2. The predicted molar refractivity (Wildman–Crippen MR) is 68.8 cm³/mol. The van der Waals surface area contributed by atoms with E-state index in [0.29, 0.717) is 18.3 Å². The number of carbonyl (C=O) groups is 1. The Morgan fingerprint density at radius 3 is 2.28 bits per heavy atom. The van der Waals surface area contributed by atoms with Crippen LogP contribution < -0.4 is 0 Å². The molecule has 0 spiro atoms. The highest BCUT2D eigenvalue weighted by Crippen LogP contribution is 2.69. The maximum Gasteiger partial charge on any atom is 0.303 e. The monoisotopic (exact) mass is 246 g/mol. The second-order valence-electron chi connectivity index (χ2n) is 7.00. The van der Waals surface area contributed by atoms with Gasteiger partial charge in [-0.25, -0.2) is 0 Å². The van der Waals surface area contributed by atoms with Crippen LogP contribution in [0.5, 0.6) is 0 Å². The van der Waals surface area contributed by atoms with Gasteiger partial charge in [-0.3, -0.25) is 4.79 Å². The van der Waals surface area contributed by atoms with E-state index in [9.17, 15) is 9.90 Å². The minimum absolute atomic E-state index is 0.421. The lowest BCUT2D eigenvalue weighted by molar-refractivity contribution is -0.139. The van der Waals surface area contributed by atoms with Crippen LogP contribution in [-0.2, 0) is 4.79 Å². The van der Waals surface area contributed by atoms with Crippen molar-refractivity contribution in [2.24, 2.45) is 47.3 Å². The van der Waals surface area contributed by atoms with Crippen LogP contribution in [0, 0.1) is 47.3 Å². The van der Waals surface area contributed by atoms with Crippen LogP contribution in [0.3, 0.4) is 0 Å². The van der Waals surface area contributed by atoms with E-state index in [0.717, 1.165) is 35.5 Å². The predicted octanol–water partition coefficient (Wildman–Crippen LogP) is 3.19. The summed E-state index contributed by atoms with van der Waals surface area (Å²) in [5.41, 5.74) is 0. The van der Waals surface area contributed by atoms with E-state index >= 15 is 0 Å². The highest BCUT2D eigenvalue weighted by Gasteiger charge is 2.63. The number of aliphatic carboxylic acids is 1. The molecule has 0 aromatic rings. The molecule has 1 N–H and O–H groups in total. The Kier molecular flexibility index (Phi) is 2.22. The zero-order chi connectivity index (χ0) is 12.4. The van der Waals surface area contributed by atoms with Crippen molar-refractivity contribution in [3.05, 3.63) is 12.2 Å². The third kappa shape index (κ3) is 1.22. The van der Waals surface area contributed by atoms with Gasteiger partial charge >= 0.3 is 5.97 Å². The van der Waals surface area contributed by atoms with Crippen molar-refractivity contribution >= 4 is 5.97 Å². The zero-order valence-electron chi connectivity index (χ0n) is 11.0. The third-order valence-electron chi connectivity index (χ3n) is 6.65. The number of hydrogen-bond acceptors (Lipinski definition) is 1. The summed E-state index contributed by atoms with van der Waals surface area (Å²) < 4.78 is 0. The summed E-state index contributed by atoms with van der Waals surface area (Å²) in [5, 5.41) is 9.17. The van der Waals surface area contributed by atoms with E-state index in [1.54, 1.807) is 0 Å². The van der Waals surface area contributed by atoms with Crippen LogP contribution in [-0.4, -0.2) is 11.1 Å². The van der Waals surface area contributed by atoms with Gasteiger partial charge in [0.15, 0.2) is 0 Å². The van der Waals surface area contributed by atoms with E-state index in [-0.39, 0.29) is 0 Å². The van der Waals surface area contributed by atoms with Gasteiger partial charge in [0.25, 0.3) is 0 Å². The number of rotatable bonds is 3. The second kappa shape index (κ2) is 3.61. The fourth-order valence-electron chi connectivity index (χ4n) is 6.40. The molecule has 3 saturated carbocycles. The standard InChI is InChI=1S/C16H22O2/c1-2-10-11(7-14(17)18)13-6-12(10)15-8-3-4-9(5-8)16(13)15/h3-4,8-13,15-16H,2,5-7H2,1H3,(H,17,18). The van der Waals surface area contributed by atoms with E-state index in [4.69, 9.17) is 0 Å². The van der Waals surface area contributed by atoms with E-state index in [2.05, 4.69) is 19.1 Å². The van der Waals surface area contributed by atoms with Crippen molar-refractivity contribution in [2.45, 2.75) is 32.6 Å². The average molecular weight is 246 g/mol. The number of carboxylic acids is 1. The summed E-state index contributed by atoms with van der Waals surface area (Å²) in [4.78, 5) is 11.1.